The van der Waals surface area contributed by atoms with Crippen LogP contribution in [0.25, 0.3) is 10.9 Å². The molecular formula is C15H21N3O. The maximum atomic E-state index is 8.95. The highest BCUT2D eigenvalue weighted by molar-refractivity contribution is 5.79. The summed E-state index contributed by atoms with van der Waals surface area (Å²) < 4.78 is 0. The van der Waals surface area contributed by atoms with Gasteiger partial charge in [-0.25, -0.2) is 0 Å². The van der Waals surface area contributed by atoms with Crippen LogP contribution in [0.4, 0.5) is 0 Å². The number of aromatic nitrogens is 1. The van der Waals surface area contributed by atoms with Gasteiger partial charge in [0.05, 0.1) is 5.52 Å². The summed E-state index contributed by atoms with van der Waals surface area (Å²) in [5.41, 5.74) is 8.00. The fraction of sp³-hybridized carbons (Fsp3) is 0.400. The van der Waals surface area contributed by atoms with Gasteiger partial charge in [-0.15, -0.1) is 0 Å². The zero-order chi connectivity index (χ0) is 13.7. The van der Waals surface area contributed by atoms with Crippen LogP contribution in [0.5, 0.6) is 0 Å². The molecule has 0 aliphatic heterocycles. The lowest BCUT2D eigenvalue weighted by atomic mass is 10.0. The van der Waals surface area contributed by atoms with Crippen molar-refractivity contribution >= 4 is 10.9 Å². The van der Waals surface area contributed by atoms with Gasteiger partial charge < -0.3 is 16.2 Å². The van der Waals surface area contributed by atoms with Gasteiger partial charge in [0.2, 0.25) is 0 Å². The molecule has 0 aliphatic carbocycles. The van der Waals surface area contributed by atoms with Gasteiger partial charge in [-0.1, -0.05) is 12.1 Å². The number of aliphatic hydroxyl groups is 1. The number of hydrogen-bond acceptors (Lipinski definition) is 4. The van der Waals surface area contributed by atoms with E-state index >= 15 is 0 Å². The maximum Gasteiger partial charge on any atom is 0.0702 e. The summed E-state index contributed by atoms with van der Waals surface area (Å²) in [6.07, 6.45) is 2.52. The van der Waals surface area contributed by atoms with Gasteiger partial charge in [-0.05, 0) is 37.1 Å². The molecular weight excluding hydrogens is 238 g/mol. The molecule has 4 nitrogen and oxygen atoms in total. The van der Waals surface area contributed by atoms with Gasteiger partial charge >= 0.3 is 0 Å². The average molecular weight is 259 g/mol. The number of benzene rings is 1. The molecule has 0 amide bonds. The molecule has 1 aromatic carbocycles. The summed E-state index contributed by atoms with van der Waals surface area (Å²) in [7, 11) is 0. The van der Waals surface area contributed by atoms with Crippen LogP contribution in [0, 0.1) is 0 Å². The molecule has 4 N–H and O–H groups in total. The number of rotatable bonds is 6. The molecule has 4 heteroatoms. The van der Waals surface area contributed by atoms with E-state index in [0.29, 0.717) is 6.54 Å². The standard InChI is InChI=1S/C15H21N3O/c1-11(6-8-19)18-15(10-16)13-4-5-14-12(9-13)3-2-7-17-14/h2-5,7,9,11,15,18-19H,6,8,10,16H2,1H3. The molecule has 0 spiro atoms. The van der Waals surface area contributed by atoms with Crippen molar-refractivity contribution in [1.82, 2.24) is 10.3 Å². The molecule has 2 atom stereocenters. The van der Waals surface area contributed by atoms with Crippen LogP contribution in [0.15, 0.2) is 36.5 Å². The molecule has 0 aliphatic rings. The summed E-state index contributed by atoms with van der Waals surface area (Å²) in [5, 5.41) is 13.5. The topological polar surface area (TPSA) is 71.2 Å². The van der Waals surface area contributed by atoms with Crippen molar-refractivity contribution < 1.29 is 5.11 Å². The molecule has 0 bridgehead atoms. The van der Waals surface area contributed by atoms with Gasteiger partial charge in [0.1, 0.15) is 0 Å². The minimum absolute atomic E-state index is 0.103. The Morgan fingerprint density at radius 2 is 2.21 bits per heavy atom. The quantitative estimate of drug-likeness (QED) is 0.737. The predicted molar refractivity (Wildman–Crippen MR) is 77.8 cm³/mol. The summed E-state index contributed by atoms with van der Waals surface area (Å²) in [6.45, 7) is 2.77. The van der Waals surface area contributed by atoms with E-state index in [4.69, 9.17) is 10.8 Å². The lowest BCUT2D eigenvalue weighted by molar-refractivity contribution is 0.263. The van der Waals surface area contributed by atoms with E-state index in [1.165, 1.54) is 0 Å². The first-order valence-electron chi connectivity index (χ1n) is 6.66. The van der Waals surface area contributed by atoms with Crippen molar-refractivity contribution in [3.8, 4) is 0 Å². The second kappa shape index (κ2) is 6.61. The molecule has 0 saturated heterocycles. The van der Waals surface area contributed by atoms with Crippen LogP contribution in [0.3, 0.4) is 0 Å². The molecule has 1 heterocycles. The zero-order valence-electron chi connectivity index (χ0n) is 11.2. The Morgan fingerprint density at radius 1 is 1.37 bits per heavy atom. The molecule has 102 valence electrons. The third-order valence-electron chi connectivity index (χ3n) is 3.31. The minimum atomic E-state index is 0.103. The number of aliphatic hydroxyl groups excluding tert-OH is 1. The number of hydrogen-bond donors (Lipinski definition) is 3. The number of nitrogens with one attached hydrogen (secondary N) is 1. The highest BCUT2D eigenvalue weighted by Crippen LogP contribution is 2.19. The van der Waals surface area contributed by atoms with E-state index in [1.807, 2.05) is 12.1 Å². The van der Waals surface area contributed by atoms with Crippen molar-refractivity contribution in [3.63, 3.8) is 0 Å². The van der Waals surface area contributed by atoms with Gasteiger partial charge in [-0.2, -0.15) is 0 Å². The monoisotopic (exact) mass is 259 g/mol. The Labute approximate surface area is 113 Å². The van der Waals surface area contributed by atoms with E-state index in [1.54, 1.807) is 6.20 Å². The normalized spacial score (nSPS) is 14.5. The van der Waals surface area contributed by atoms with Crippen LogP contribution >= 0.6 is 0 Å². The number of nitrogens with two attached hydrogens (primary N) is 1. The highest BCUT2D eigenvalue weighted by atomic mass is 16.3. The highest BCUT2D eigenvalue weighted by Gasteiger charge is 2.13. The van der Waals surface area contributed by atoms with Crippen LogP contribution < -0.4 is 11.1 Å². The minimum Gasteiger partial charge on any atom is -0.396 e. The fourth-order valence-electron chi connectivity index (χ4n) is 2.23. The predicted octanol–water partition coefficient (Wildman–Crippen LogP) is 1.60. The largest absolute Gasteiger partial charge is 0.396 e. The molecule has 19 heavy (non-hydrogen) atoms. The Hall–Kier alpha value is -1.49. The van der Waals surface area contributed by atoms with E-state index in [9.17, 15) is 0 Å². The smallest absolute Gasteiger partial charge is 0.0702 e. The van der Waals surface area contributed by atoms with Gasteiger partial charge in [-0.3, -0.25) is 4.98 Å². The van der Waals surface area contributed by atoms with Crippen LogP contribution in [-0.2, 0) is 0 Å². The van der Waals surface area contributed by atoms with Crippen LogP contribution in [-0.4, -0.2) is 29.3 Å². The Morgan fingerprint density at radius 3 is 2.95 bits per heavy atom. The zero-order valence-corrected chi connectivity index (χ0v) is 11.2. The molecule has 1 aromatic heterocycles. The van der Waals surface area contributed by atoms with E-state index < -0.39 is 0 Å². The van der Waals surface area contributed by atoms with Gasteiger partial charge in [0, 0.05) is 36.8 Å². The summed E-state index contributed by atoms with van der Waals surface area (Å²) in [4.78, 5) is 4.31. The second-order valence-corrected chi connectivity index (χ2v) is 4.82. The lowest BCUT2D eigenvalue weighted by Crippen LogP contribution is -2.35. The van der Waals surface area contributed by atoms with Gasteiger partial charge in [0.25, 0.3) is 0 Å². The third kappa shape index (κ3) is 3.50. The van der Waals surface area contributed by atoms with E-state index in [2.05, 4.69) is 35.4 Å². The van der Waals surface area contributed by atoms with Crippen LogP contribution in [0.1, 0.15) is 24.9 Å². The fourth-order valence-corrected chi connectivity index (χ4v) is 2.23. The Kier molecular flexibility index (Phi) is 4.85. The molecule has 0 radical (unpaired) electrons. The SMILES string of the molecule is CC(CCO)NC(CN)c1ccc2ncccc2c1. The Balaban J connectivity index is 2.20. The first-order valence-corrected chi connectivity index (χ1v) is 6.66. The van der Waals surface area contributed by atoms with Crippen molar-refractivity contribution in [3.05, 3.63) is 42.1 Å². The lowest BCUT2D eigenvalue weighted by Gasteiger charge is -2.22. The van der Waals surface area contributed by atoms with Crippen LogP contribution in [0.2, 0.25) is 0 Å². The van der Waals surface area contributed by atoms with Crippen molar-refractivity contribution in [2.75, 3.05) is 13.2 Å². The van der Waals surface area contributed by atoms with Crippen molar-refractivity contribution in [1.29, 1.82) is 0 Å². The number of nitrogens with zero attached hydrogens (tertiary/aromatic N) is 1. The van der Waals surface area contributed by atoms with E-state index in [-0.39, 0.29) is 18.7 Å². The summed E-state index contributed by atoms with van der Waals surface area (Å²) in [6, 6.07) is 10.5. The molecule has 2 unspecified atom stereocenters. The number of pyridine rings is 1. The van der Waals surface area contributed by atoms with Crippen molar-refractivity contribution in [2.45, 2.75) is 25.4 Å². The molecule has 2 rings (SSSR count). The summed E-state index contributed by atoms with van der Waals surface area (Å²) in [5.74, 6) is 0. The molecule has 0 fully saturated rings. The molecule has 2 aromatic rings. The maximum absolute atomic E-state index is 8.95. The van der Waals surface area contributed by atoms with Gasteiger partial charge in [0.15, 0.2) is 0 Å². The van der Waals surface area contributed by atoms with Crippen molar-refractivity contribution in [2.24, 2.45) is 5.73 Å². The molecule has 0 saturated carbocycles. The average Bonchev–Trinajstić information content (AvgIpc) is 2.44. The first kappa shape index (κ1) is 13.9. The third-order valence-corrected chi connectivity index (χ3v) is 3.31. The Bertz CT molecular complexity index is 530. The number of fused-ring (bicyclic) bond motifs is 1. The second-order valence-electron chi connectivity index (χ2n) is 4.82. The van der Waals surface area contributed by atoms with E-state index in [0.717, 1.165) is 22.9 Å². The summed E-state index contributed by atoms with van der Waals surface area (Å²) >= 11 is 0. The first-order chi connectivity index (χ1) is 9.24.